The molecular weight excluding hydrogens is 338 g/mol. The first-order valence-corrected chi connectivity index (χ1v) is 10.7. The zero-order valence-electron chi connectivity index (χ0n) is 16.9. The van der Waals surface area contributed by atoms with Crippen molar-refractivity contribution >= 4 is 23.0 Å². The van der Waals surface area contributed by atoms with Crippen LogP contribution in [0.3, 0.4) is 0 Å². The van der Waals surface area contributed by atoms with Crippen molar-refractivity contribution in [3.63, 3.8) is 0 Å². The second-order valence-corrected chi connectivity index (χ2v) is 8.78. The molecule has 3 nitrogen and oxygen atoms in total. The third kappa shape index (κ3) is 4.40. The third-order valence-corrected chi connectivity index (χ3v) is 7.12. The summed E-state index contributed by atoms with van der Waals surface area (Å²) in [6.45, 7) is 8.88. The van der Waals surface area contributed by atoms with Crippen LogP contribution < -0.4 is 5.32 Å². The molecule has 3 rings (SSSR count). The zero-order valence-corrected chi connectivity index (χ0v) is 17.7. The van der Waals surface area contributed by atoms with Gasteiger partial charge in [-0.3, -0.25) is 0 Å². The van der Waals surface area contributed by atoms with Crippen molar-refractivity contribution in [1.29, 1.82) is 0 Å². The van der Waals surface area contributed by atoms with Gasteiger partial charge in [0.2, 0.25) is 0 Å². The molecule has 1 heterocycles. The van der Waals surface area contributed by atoms with Crippen LogP contribution in [0.1, 0.15) is 56.6 Å². The van der Waals surface area contributed by atoms with E-state index in [0.717, 1.165) is 35.8 Å². The fourth-order valence-electron chi connectivity index (χ4n) is 4.73. The fraction of sp³-hybridized carbons (Fsp3) is 0.682. The molecule has 2 atom stereocenters. The molecule has 1 aliphatic heterocycles. The van der Waals surface area contributed by atoms with Crippen molar-refractivity contribution in [1.82, 2.24) is 9.80 Å². The monoisotopic (exact) mass is 373 g/mol. The van der Waals surface area contributed by atoms with E-state index in [0.29, 0.717) is 6.04 Å². The minimum absolute atomic E-state index is 0.709. The Labute approximate surface area is 165 Å². The zero-order chi connectivity index (χ0) is 18.7. The van der Waals surface area contributed by atoms with E-state index in [4.69, 9.17) is 12.2 Å². The highest BCUT2D eigenvalue weighted by atomic mass is 32.1. The van der Waals surface area contributed by atoms with Gasteiger partial charge in [-0.25, -0.2) is 0 Å². The lowest BCUT2D eigenvalue weighted by Gasteiger charge is -2.44. The number of nitrogens with zero attached hydrogens (tertiary/aromatic N) is 2. The molecule has 0 bridgehead atoms. The van der Waals surface area contributed by atoms with Crippen molar-refractivity contribution in [3.05, 3.63) is 29.3 Å². The maximum Gasteiger partial charge on any atom is 0.173 e. The third-order valence-electron chi connectivity index (χ3n) is 6.76. The van der Waals surface area contributed by atoms with Gasteiger partial charge in [-0.15, -0.1) is 0 Å². The number of nitrogens with one attached hydrogen (secondary N) is 1. The van der Waals surface area contributed by atoms with Gasteiger partial charge in [0, 0.05) is 30.9 Å². The summed E-state index contributed by atoms with van der Waals surface area (Å²) < 4.78 is 0. The van der Waals surface area contributed by atoms with Gasteiger partial charge in [-0.05, 0) is 81.9 Å². The predicted molar refractivity (Wildman–Crippen MR) is 116 cm³/mol. The first-order valence-electron chi connectivity index (χ1n) is 10.3. The molecule has 1 aromatic carbocycles. The predicted octanol–water partition coefficient (Wildman–Crippen LogP) is 4.98. The molecular formula is C22H35N3S. The highest BCUT2D eigenvalue weighted by molar-refractivity contribution is 7.80. The minimum Gasteiger partial charge on any atom is -0.349 e. The maximum atomic E-state index is 5.71. The summed E-state index contributed by atoms with van der Waals surface area (Å²) >= 11 is 5.71. The minimum atomic E-state index is 0.709. The summed E-state index contributed by atoms with van der Waals surface area (Å²) in [5.41, 5.74) is 3.74. The Bertz CT molecular complexity index is 622. The summed E-state index contributed by atoms with van der Waals surface area (Å²) in [5, 5.41) is 4.36. The van der Waals surface area contributed by atoms with Gasteiger partial charge >= 0.3 is 0 Å². The summed E-state index contributed by atoms with van der Waals surface area (Å²) in [5.74, 6) is 0.846. The van der Waals surface area contributed by atoms with E-state index in [9.17, 15) is 0 Å². The Kier molecular flexibility index (Phi) is 6.57. The van der Waals surface area contributed by atoms with Crippen LogP contribution in [0.4, 0.5) is 5.69 Å². The lowest BCUT2D eigenvalue weighted by atomic mass is 9.84. The van der Waals surface area contributed by atoms with E-state index in [1.165, 1.54) is 49.7 Å². The molecule has 0 radical (unpaired) electrons. The van der Waals surface area contributed by atoms with Gasteiger partial charge < -0.3 is 15.1 Å². The number of hydrogen-bond donors (Lipinski definition) is 1. The van der Waals surface area contributed by atoms with Crippen molar-refractivity contribution in [2.45, 2.75) is 71.4 Å². The summed E-state index contributed by atoms with van der Waals surface area (Å²) in [6, 6.07) is 7.86. The summed E-state index contributed by atoms with van der Waals surface area (Å²) in [6.07, 6.45) is 8.04. The van der Waals surface area contributed by atoms with Gasteiger partial charge in [0.05, 0.1) is 0 Å². The van der Waals surface area contributed by atoms with Crippen LogP contribution in [0, 0.1) is 19.8 Å². The van der Waals surface area contributed by atoms with Crippen LogP contribution in [-0.4, -0.2) is 47.1 Å². The van der Waals surface area contributed by atoms with Crippen molar-refractivity contribution in [2.75, 3.05) is 25.5 Å². The topological polar surface area (TPSA) is 18.5 Å². The van der Waals surface area contributed by atoms with Gasteiger partial charge in [0.15, 0.2) is 5.11 Å². The number of benzene rings is 1. The van der Waals surface area contributed by atoms with Crippen LogP contribution in [0.2, 0.25) is 0 Å². The second-order valence-electron chi connectivity index (χ2n) is 8.39. The molecule has 1 aromatic rings. The molecule has 1 aliphatic carbocycles. The van der Waals surface area contributed by atoms with E-state index in [2.05, 4.69) is 61.1 Å². The normalized spacial score (nSPS) is 24.7. The molecule has 1 saturated carbocycles. The highest BCUT2D eigenvalue weighted by Gasteiger charge is 2.31. The number of hydrogen-bond acceptors (Lipinski definition) is 2. The smallest absolute Gasteiger partial charge is 0.173 e. The van der Waals surface area contributed by atoms with Gasteiger partial charge in [0.1, 0.15) is 0 Å². The maximum absolute atomic E-state index is 5.71. The van der Waals surface area contributed by atoms with Gasteiger partial charge in [0.25, 0.3) is 0 Å². The molecule has 26 heavy (non-hydrogen) atoms. The highest BCUT2D eigenvalue weighted by Crippen LogP contribution is 2.30. The Balaban J connectivity index is 1.53. The Morgan fingerprint density at radius 3 is 2.50 bits per heavy atom. The summed E-state index contributed by atoms with van der Waals surface area (Å²) in [7, 11) is 2.36. The molecule has 0 spiro atoms. The second kappa shape index (κ2) is 8.71. The molecule has 2 aliphatic rings. The first kappa shape index (κ1) is 19.6. The average molecular weight is 374 g/mol. The Hall–Kier alpha value is -1.13. The SMILES string of the molecule is Cc1cccc(NC(=S)N2CCC(N(C)C3CCCCC3C)CC2)c1C. The van der Waals surface area contributed by atoms with Crippen LogP contribution in [0.5, 0.6) is 0 Å². The fourth-order valence-corrected chi connectivity index (χ4v) is 5.02. The quantitative estimate of drug-likeness (QED) is 0.753. The number of thiocarbonyl (C=S) groups is 1. The lowest BCUT2D eigenvalue weighted by Crippen LogP contribution is -2.51. The van der Waals surface area contributed by atoms with Crippen LogP contribution in [0.25, 0.3) is 0 Å². The van der Waals surface area contributed by atoms with E-state index >= 15 is 0 Å². The van der Waals surface area contributed by atoms with E-state index in [1.807, 2.05) is 0 Å². The van der Waals surface area contributed by atoms with Crippen LogP contribution >= 0.6 is 12.2 Å². The molecule has 1 saturated heterocycles. The molecule has 1 N–H and O–H groups in total. The van der Waals surface area contributed by atoms with Crippen LogP contribution in [0.15, 0.2) is 18.2 Å². The van der Waals surface area contributed by atoms with Crippen molar-refractivity contribution in [2.24, 2.45) is 5.92 Å². The number of piperidine rings is 1. The molecule has 2 fully saturated rings. The van der Waals surface area contributed by atoms with Gasteiger partial charge in [-0.2, -0.15) is 0 Å². The average Bonchev–Trinajstić information content (AvgIpc) is 2.65. The van der Waals surface area contributed by atoms with Crippen LogP contribution in [-0.2, 0) is 0 Å². The summed E-state index contributed by atoms with van der Waals surface area (Å²) in [4.78, 5) is 5.05. The molecule has 2 unspecified atom stereocenters. The van der Waals surface area contributed by atoms with Gasteiger partial charge in [-0.1, -0.05) is 31.9 Å². The molecule has 0 amide bonds. The van der Waals surface area contributed by atoms with Crippen molar-refractivity contribution in [3.8, 4) is 0 Å². The Morgan fingerprint density at radius 1 is 1.12 bits per heavy atom. The van der Waals surface area contributed by atoms with Crippen molar-refractivity contribution < 1.29 is 0 Å². The van der Waals surface area contributed by atoms with E-state index in [1.54, 1.807) is 0 Å². The number of rotatable bonds is 3. The lowest BCUT2D eigenvalue weighted by molar-refractivity contribution is 0.0691. The Morgan fingerprint density at radius 2 is 1.81 bits per heavy atom. The molecule has 0 aromatic heterocycles. The standard InChI is InChI=1S/C22H35N3S/c1-16-9-7-10-20(18(16)3)23-22(26)25-14-12-19(13-15-25)24(4)21-11-6-5-8-17(21)2/h7,9-10,17,19,21H,5-6,8,11-15H2,1-4H3,(H,23,26). The van der Waals surface area contributed by atoms with E-state index in [-0.39, 0.29) is 0 Å². The first-order chi connectivity index (χ1) is 12.5. The number of likely N-dealkylation sites (tertiary alicyclic amines) is 1. The largest absolute Gasteiger partial charge is 0.349 e. The molecule has 144 valence electrons. The molecule has 4 heteroatoms. The number of anilines is 1. The van der Waals surface area contributed by atoms with E-state index < -0.39 is 0 Å². The number of aryl methyl sites for hydroxylation is 1.